The van der Waals surface area contributed by atoms with E-state index in [4.69, 9.17) is 5.73 Å². The number of primary amides is 1. The van der Waals surface area contributed by atoms with E-state index < -0.39 is 34.9 Å². The van der Waals surface area contributed by atoms with Gasteiger partial charge in [0.15, 0.2) is 5.78 Å². The second-order valence-electron chi connectivity index (χ2n) is 8.44. The van der Waals surface area contributed by atoms with Crippen molar-refractivity contribution < 1.29 is 22.8 Å². The minimum absolute atomic E-state index is 0.0323. The van der Waals surface area contributed by atoms with Crippen LogP contribution in [0.2, 0.25) is 0 Å². The second kappa shape index (κ2) is 8.78. The lowest BCUT2D eigenvalue weighted by Gasteiger charge is -2.17. The van der Waals surface area contributed by atoms with Crippen LogP contribution in [0.1, 0.15) is 46.8 Å². The summed E-state index contributed by atoms with van der Waals surface area (Å²) in [7, 11) is 0. The highest BCUT2D eigenvalue weighted by Gasteiger charge is 2.35. The van der Waals surface area contributed by atoms with Gasteiger partial charge in [0, 0.05) is 16.7 Å². The zero-order valence-electron chi connectivity index (χ0n) is 18.5. The van der Waals surface area contributed by atoms with E-state index in [1.54, 1.807) is 18.2 Å². The zero-order chi connectivity index (χ0) is 24.6. The molecular formula is C26H22F3N3O2. The van der Waals surface area contributed by atoms with E-state index in [9.17, 15) is 22.8 Å². The first-order chi connectivity index (χ1) is 16.1. The van der Waals surface area contributed by atoms with Crippen LogP contribution < -0.4 is 5.73 Å². The number of nitrogens with two attached hydrogens (primary N) is 1. The average molecular weight is 465 g/mol. The predicted molar refractivity (Wildman–Crippen MR) is 123 cm³/mol. The van der Waals surface area contributed by atoms with E-state index in [1.807, 2.05) is 26.0 Å². The van der Waals surface area contributed by atoms with E-state index in [0.29, 0.717) is 16.9 Å². The Labute approximate surface area is 193 Å². The molecule has 0 saturated heterocycles. The summed E-state index contributed by atoms with van der Waals surface area (Å²) in [4.78, 5) is 32.4. The Kier molecular flexibility index (Phi) is 6.00. The third-order valence-corrected chi connectivity index (χ3v) is 5.74. The molecule has 0 spiro atoms. The van der Waals surface area contributed by atoms with Crippen LogP contribution in [-0.2, 0) is 11.0 Å². The number of aromatic amines is 1. The quantitative estimate of drug-likeness (QED) is 0.358. The molecule has 0 bridgehead atoms. The van der Waals surface area contributed by atoms with Gasteiger partial charge in [-0.25, -0.2) is 4.98 Å². The first kappa shape index (κ1) is 23.2. The molecule has 3 aromatic carbocycles. The molecule has 0 saturated carbocycles. The summed E-state index contributed by atoms with van der Waals surface area (Å²) in [6.07, 6.45) is -4.62. The van der Waals surface area contributed by atoms with Crippen LogP contribution in [0.5, 0.6) is 0 Å². The van der Waals surface area contributed by atoms with Crippen LogP contribution in [0.3, 0.4) is 0 Å². The van der Waals surface area contributed by atoms with Gasteiger partial charge in [0.2, 0.25) is 5.91 Å². The smallest absolute Gasteiger partial charge is 0.369 e. The van der Waals surface area contributed by atoms with Gasteiger partial charge in [-0.1, -0.05) is 62.4 Å². The average Bonchev–Trinajstić information content (AvgIpc) is 3.21. The molecular weight excluding hydrogens is 443 g/mol. The number of aromatic nitrogens is 2. The molecule has 0 aliphatic carbocycles. The number of nitrogens with one attached hydrogen (secondary N) is 1. The maximum atomic E-state index is 13.3. The van der Waals surface area contributed by atoms with Crippen molar-refractivity contribution in [1.82, 2.24) is 9.97 Å². The fraction of sp³-hybridized carbons (Fsp3) is 0.192. The number of imidazole rings is 1. The minimum Gasteiger partial charge on any atom is -0.369 e. The van der Waals surface area contributed by atoms with Gasteiger partial charge < -0.3 is 10.7 Å². The SMILES string of the molecule is CC(C)C(C(N)=O)c1ccc2nc(-c3ccc(C(=O)c4ccccc4C(F)(F)F)cc3)[nH]c2c1. The summed E-state index contributed by atoms with van der Waals surface area (Å²) in [5.74, 6) is -0.978. The molecule has 174 valence electrons. The maximum Gasteiger partial charge on any atom is 0.417 e. The lowest BCUT2D eigenvalue weighted by Crippen LogP contribution is -2.25. The van der Waals surface area contributed by atoms with Gasteiger partial charge in [-0.15, -0.1) is 0 Å². The van der Waals surface area contributed by atoms with Gasteiger partial charge in [-0.05, 0) is 29.7 Å². The van der Waals surface area contributed by atoms with Gasteiger partial charge in [0.05, 0.1) is 22.5 Å². The van der Waals surface area contributed by atoms with Gasteiger partial charge >= 0.3 is 6.18 Å². The Balaban J connectivity index is 1.64. The topological polar surface area (TPSA) is 88.8 Å². The number of H-pyrrole nitrogens is 1. The first-order valence-corrected chi connectivity index (χ1v) is 10.7. The lowest BCUT2D eigenvalue weighted by molar-refractivity contribution is -0.137. The number of fused-ring (bicyclic) bond motifs is 1. The highest BCUT2D eigenvalue weighted by molar-refractivity contribution is 6.10. The molecule has 1 atom stereocenters. The van der Waals surface area contributed by atoms with Crippen LogP contribution in [0, 0.1) is 5.92 Å². The van der Waals surface area contributed by atoms with E-state index in [0.717, 1.165) is 17.1 Å². The maximum absolute atomic E-state index is 13.3. The highest BCUT2D eigenvalue weighted by atomic mass is 19.4. The molecule has 0 aliphatic rings. The lowest BCUT2D eigenvalue weighted by atomic mass is 9.88. The van der Waals surface area contributed by atoms with Crippen molar-refractivity contribution in [3.05, 3.63) is 89.0 Å². The van der Waals surface area contributed by atoms with Crippen molar-refractivity contribution >= 4 is 22.7 Å². The third kappa shape index (κ3) is 4.44. The Bertz CT molecular complexity index is 1370. The van der Waals surface area contributed by atoms with Crippen molar-refractivity contribution in [1.29, 1.82) is 0 Å². The fourth-order valence-corrected chi connectivity index (χ4v) is 4.10. The monoisotopic (exact) mass is 465 g/mol. The molecule has 8 heteroatoms. The van der Waals surface area contributed by atoms with Gasteiger partial charge in [0.1, 0.15) is 5.82 Å². The Morgan fingerprint density at radius 3 is 2.26 bits per heavy atom. The summed E-state index contributed by atoms with van der Waals surface area (Å²) in [6, 6.07) is 16.4. The number of nitrogens with zero attached hydrogens (tertiary/aromatic N) is 1. The number of rotatable bonds is 6. The number of halogens is 3. The van der Waals surface area contributed by atoms with Crippen LogP contribution >= 0.6 is 0 Å². The Morgan fingerprint density at radius 2 is 1.65 bits per heavy atom. The molecule has 1 amide bonds. The molecule has 5 nitrogen and oxygen atoms in total. The van der Waals surface area contributed by atoms with E-state index in [2.05, 4.69) is 9.97 Å². The summed E-state index contributed by atoms with van der Waals surface area (Å²) < 4.78 is 39.9. The number of benzene rings is 3. The zero-order valence-corrected chi connectivity index (χ0v) is 18.5. The van der Waals surface area contributed by atoms with Crippen molar-refractivity contribution in [3.63, 3.8) is 0 Å². The molecule has 1 aromatic heterocycles. The largest absolute Gasteiger partial charge is 0.417 e. The van der Waals surface area contributed by atoms with Crippen LogP contribution in [0.4, 0.5) is 13.2 Å². The number of hydrogen-bond acceptors (Lipinski definition) is 3. The number of alkyl halides is 3. The molecule has 34 heavy (non-hydrogen) atoms. The number of hydrogen-bond donors (Lipinski definition) is 2. The van der Waals surface area contributed by atoms with Crippen molar-refractivity contribution in [2.45, 2.75) is 25.9 Å². The number of amides is 1. The molecule has 1 heterocycles. The Hall–Kier alpha value is -3.94. The van der Waals surface area contributed by atoms with Gasteiger partial charge in [0.25, 0.3) is 0 Å². The van der Waals surface area contributed by atoms with Crippen LogP contribution in [-0.4, -0.2) is 21.7 Å². The number of carbonyl (C=O) groups excluding carboxylic acids is 2. The van der Waals surface area contributed by atoms with Crippen molar-refractivity contribution in [2.24, 2.45) is 11.7 Å². The molecule has 3 N–H and O–H groups in total. The molecule has 4 aromatic rings. The molecule has 4 rings (SSSR count). The molecule has 1 unspecified atom stereocenters. The summed E-state index contributed by atoms with van der Waals surface area (Å²) >= 11 is 0. The third-order valence-electron chi connectivity index (χ3n) is 5.74. The number of ketones is 1. The van der Waals surface area contributed by atoms with Crippen molar-refractivity contribution in [2.75, 3.05) is 0 Å². The highest BCUT2D eigenvalue weighted by Crippen LogP contribution is 2.33. The molecule has 0 radical (unpaired) electrons. The fourth-order valence-electron chi connectivity index (χ4n) is 4.10. The normalized spacial score (nSPS) is 12.8. The van der Waals surface area contributed by atoms with Crippen LogP contribution in [0.25, 0.3) is 22.4 Å². The van der Waals surface area contributed by atoms with E-state index in [-0.39, 0.29) is 11.5 Å². The standard InChI is InChI=1S/C26H22F3N3O2/c1-14(2)22(24(30)34)17-11-12-20-21(13-17)32-25(31-20)16-9-7-15(8-10-16)23(33)18-5-3-4-6-19(18)26(27,28)29/h3-14,22H,1-2H3,(H2,30,34)(H,31,32). The summed E-state index contributed by atoms with van der Waals surface area (Å²) in [5, 5.41) is 0. The van der Waals surface area contributed by atoms with Gasteiger partial charge in [-0.3, -0.25) is 9.59 Å². The van der Waals surface area contributed by atoms with E-state index in [1.165, 1.54) is 30.3 Å². The predicted octanol–water partition coefficient (Wildman–Crippen LogP) is 5.70. The molecule has 0 aliphatic heterocycles. The summed E-state index contributed by atoms with van der Waals surface area (Å²) in [5.41, 5.74) is 7.20. The minimum atomic E-state index is -4.62. The van der Waals surface area contributed by atoms with Crippen LogP contribution in [0.15, 0.2) is 66.7 Å². The van der Waals surface area contributed by atoms with Gasteiger partial charge in [-0.2, -0.15) is 13.2 Å². The summed E-state index contributed by atoms with van der Waals surface area (Å²) in [6.45, 7) is 3.85. The first-order valence-electron chi connectivity index (χ1n) is 10.7. The second-order valence-corrected chi connectivity index (χ2v) is 8.44. The number of carbonyl (C=O) groups is 2. The Morgan fingerprint density at radius 1 is 0.971 bits per heavy atom. The molecule has 0 fully saturated rings. The van der Waals surface area contributed by atoms with Crippen molar-refractivity contribution in [3.8, 4) is 11.4 Å². The van der Waals surface area contributed by atoms with E-state index >= 15 is 0 Å².